The van der Waals surface area contributed by atoms with E-state index in [9.17, 15) is 0 Å². The lowest BCUT2D eigenvalue weighted by molar-refractivity contribution is -0.858. The van der Waals surface area contributed by atoms with E-state index in [1.54, 1.807) is 0 Å². The minimum atomic E-state index is 0.473. The Bertz CT molecular complexity index is 459. The Hall–Kier alpha value is -1.44. The number of quaternary nitrogens is 1. The van der Waals surface area contributed by atoms with Crippen LogP contribution < -0.4 is 26.4 Å². The van der Waals surface area contributed by atoms with Crippen LogP contribution in [0.15, 0.2) is 24.3 Å². The first-order valence-corrected chi connectivity index (χ1v) is 7.75. The number of hydrazine groups is 1. The van der Waals surface area contributed by atoms with E-state index in [2.05, 4.69) is 35.6 Å². The summed E-state index contributed by atoms with van der Waals surface area (Å²) in [6.07, 6.45) is 1.07. The van der Waals surface area contributed by atoms with Gasteiger partial charge in [0.25, 0.3) is 0 Å². The molecule has 0 heterocycles. The third kappa shape index (κ3) is 8.44. The topological polar surface area (TPSA) is 52.6 Å². The summed E-state index contributed by atoms with van der Waals surface area (Å²) in [5, 5.41) is 7.21. The number of thiocarbonyl (C=S) groups is 2. The Kier molecular flexibility index (Phi) is 7.96. The Balaban J connectivity index is 2.17. The molecule has 0 radical (unpaired) electrons. The summed E-state index contributed by atoms with van der Waals surface area (Å²) in [6, 6.07) is 8.00. The summed E-state index contributed by atoms with van der Waals surface area (Å²) < 4.78 is 0. The van der Waals surface area contributed by atoms with E-state index in [1.807, 2.05) is 31.2 Å². The van der Waals surface area contributed by atoms with Crippen LogP contribution in [0.25, 0.3) is 0 Å². The number of hydrogen-bond donors (Lipinski definition) is 5. The third-order valence-corrected chi connectivity index (χ3v) is 3.19. The van der Waals surface area contributed by atoms with Crippen LogP contribution in [-0.4, -0.2) is 37.4 Å². The number of benzene rings is 1. The minimum absolute atomic E-state index is 0.473. The van der Waals surface area contributed by atoms with Gasteiger partial charge in [0.2, 0.25) is 0 Å². The van der Waals surface area contributed by atoms with E-state index < -0.39 is 0 Å². The quantitative estimate of drug-likeness (QED) is 0.303. The van der Waals surface area contributed by atoms with Crippen LogP contribution in [0.2, 0.25) is 0 Å². The maximum Gasteiger partial charge on any atom is 0.189 e. The molecular weight excluding hydrogens is 302 g/mol. The summed E-state index contributed by atoms with van der Waals surface area (Å²) in [5.41, 5.74) is 7.87. The molecule has 0 unspecified atom stereocenters. The second-order valence-corrected chi connectivity index (χ2v) is 5.95. The largest absolute Gasteiger partial charge is 0.361 e. The lowest BCUT2D eigenvalue weighted by Crippen LogP contribution is -3.05. The van der Waals surface area contributed by atoms with Crippen molar-refractivity contribution in [2.24, 2.45) is 0 Å². The van der Waals surface area contributed by atoms with Crippen LogP contribution in [0, 0.1) is 6.92 Å². The van der Waals surface area contributed by atoms with Crippen molar-refractivity contribution in [3.05, 3.63) is 29.8 Å². The Labute approximate surface area is 137 Å². The summed E-state index contributed by atoms with van der Waals surface area (Å²) in [4.78, 5) is 1.43. The van der Waals surface area contributed by atoms with Crippen LogP contribution in [0.1, 0.15) is 12.0 Å². The molecule has 0 aromatic heterocycles. The Morgan fingerprint density at radius 1 is 1.05 bits per heavy atom. The highest BCUT2D eigenvalue weighted by atomic mass is 32.1. The van der Waals surface area contributed by atoms with Gasteiger partial charge >= 0.3 is 0 Å². The van der Waals surface area contributed by atoms with E-state index >= 15 is 0 Å². The van der Waals surface area contributed by atoms with E-state index in [0.717, 1.165) is 25.2 Å². The van der Waals surface area contributed by atoms with E-state index in [-0.39, 0.29) is 0 Å². The van der Waals surface area contributed by atoms with E-state index in [0.29, 0.717) is 10.2 Å². The maximum atomic E-state index is 5.18. The monoisotopic (exact) mass is 326 g/mol. The van der Waals surface area contributed by atoms with Gasteiger partial charge in [-0.3, -0.25) is 10.9 Å². The predicted octanol–water partition coefficient (Wildman–Crippen LogP) is 0.195. The van der Waals surface area contributed by atoms with Crippen molar-refractivity contribution < 1.29 is 4.90 Å². The summed E-state index contributed by atoms with van der Waals surface area (Å²) in [6.45, 7) is 4.00. The molecule has 1 rings (SSSR count). The third-order valence-electron chi connectivity index (χ3n) is 2.74. The molecule has 5 N–H and O–H groups in total. The molecule has 1 aromatic carbocycles. The Morgan fingerprint density at radius 2 is 1.67 bits per heavy atom. The second-order valence-electron chi connectivity index (χ2n) is 5.14. The number of rotatable bonds is 5. The number of nitrogens with one attached hydrogen (secondary N) is 5. The molecule has 0 amide bonds. The van der Waals surface area contributed by atoms with Gasteiger partial charge in [-0.1, -0.05) is 17.7 Å². The Morgan fingerprint density at radius 3 is 2.29 bits per heavy atom. The van der Waals surface area contributed by atoms with Crippen LogP contribution in [0.3, 0.4) is 0 Å². The summed E-state index contributed by atoms with van der Waals surface area (Å²) in [5.74, 6) is 0. The maximum absolute atomic E-state index is 5.18. The molecule has 21 heavy (non-hydrogen) atoms. The summed E-state index contributed by atoms with van der Waals surface area (Å²) in [7, 11) is 4.26. The predicted molar refractivity (Wildman–Crippen MR) is 96.6 cm³/mol. The fraction of sp³-hybridized carbons (Fsp3) is 0.429. The molecule has 0 saturated carbocycles. The van der Waals surface area contributed by atoms with Crippen molar-refractivity contribution in [1.29, 1.82) is 0 Å². The van der Waals surface area contributed by atoms with Crippen molar-refractivity contribution in [3.8, 4) is 0 Å². The molecule has 0 bridgehead atoms. The second kappa shape index (κ2) is 9.49. The van der Waals surface area contributed by atoms with Crippen molar-refractivity contribution in [1.82, 2.24) is 16.2 Å². The van der Waals surface area contributed by atoms with E-state index in [4.69, 9.17) is 24.4 Å². The fourth-order valence-corrected chi connectivity index (χ4v) is 1.92. The molecular formula is C14H24N5S2+. The van der Waals surface area contributed by atoms with Crippen LogP contribution in [0.5, 0.6) is 0 Å². The average molecular weight is 327 g/mol. The van der Waals surface area contributed by atoms with Gasteiger partial charge < -0.3 is 15.5 Å². The first-order valence-electron chi connectivity index (χ1n) is 6.94. The van der Waals surface area contributed by atoms with Gasteiger partial charge in [0.05, 0.1) is 20.6 Å². The molecule has 116 valence electrons. The highest BCUT2D eigenvalue weighted by Crippen LogP contribution is 2.07. The number of anilines is 1. The van der Waals surface area contributed by atoms with Crippen molar-refractivity contribution in [3.63, 3.8) is 0 Å². The smallest absolute Gasteiger partial charge is 0.189 e. The van der Waals surface area contributed by atoms with Gasteiger partial charge in [-0.25, -0.2) is 0 Å². The highest BCUT2D eigenvalue weighted by molar-refractivity contribution is 7.80. The van der Waals surface area contributed by atoms with E-state index in [1.165, 1.54) is 10.5 Å². The molecule has 1 aromatic rings. The lowest BCUT2D eigenvalue weighted by Gasteiger charge is -2.14. The van der Waals surface area contributed by atoms with Crippen molar-refractivity contribution in [2.75, 3.05) is 32.5 Å². The summed E-state index contributed by atoms with van der Waals surface area (Å²) >= 11 is 10.3. The van der Waals surface area contributed by atoms with Gasteiger partial charge in [0.15, 0.2) is 10.2 Å². The molecule has 0 fully saturated rings. The van der Waals surface area contributed by atoms with Gasteiger partial charge in [-0.2, -0.15) is 0 Å². The van der Waals surface area contributed by atoms with Gasteiger partial charge in [0.1, 0.15) is 0 Å². The molecule has 0 aliphatic carbocycles. The van der Waals surface area contributed by atoms with Gasteiger partial charge in [-0.05, 0) is 43.5 Å². The molecule has 0 aliphatic heterocycles. The average Bonchev–Trinajstić information content (AvgIpc) is 2.44. The van der Waals surface area contributed by atoms with Crippen LogP contribution in [0.4, 0.5) is 5.69 Å². The highest BCUT2D eigenvalue weighted by Gasteiger charge is 1.99. The van der Waals surface area contributed by atoms with Gasteiger partial charge in [0, 0.05) is 18.7 Å². The molecule has 7 heteroatoms. The van der Waals surface area contributed by atoms with Crippen LogP contribution >= 0.6 is 24.4 Å². The standard InChI is InChI=1S/C14H23N5S2/c1-11-5-7-12(8-6-11)16-14(21)18-17-13(20)15-9-4-10-19(2)3/h5-8H,4,9-10H2,1-3H3,(H2,15,17,20)(H2,16,18,21)/p+1. The number of hydrogen-bond acceptors (Lipinski definition) is 2. The zero-order chi connectivity index (χ0) is 15.7. The molecule has 0 saturated heterocycles. The molecule has 0 spiro atoms. The zero-order valence-corrected chi connectivity index (χ0v) is 14.4. The normalized spacial score (nSPS) is 10.1. The molecule has 0 aliphatic rings. The van der Waals surface area contributed by atoms with Crippen molar-refractivity contribution in [2.45, 2.75) is 13.3 Å². The first kappa shape index (κ1) is 17.6. The van der Waals surface area contributed by atoms with Gasteiger partial charge in [-0.15, -0.1) is 0 Å². The van der Waals surface area contributed by atoms with Crippen molar-refractivity contribution >= 4 is 40.3 Å². The number of aryl methyl sites for hydroxylation is 1. The first-order chi connectivity index (χ1) is 9.97. The lowest BCUT2D eigenvalue weighted by atomic mass is 10.2. The zero-order valence-electron chi connectivity index (χ0n) is 12.7. The molecule has 0 atom stereocenters. The molecule has 5 nitrogen and oxygen atoms in total. The fourth-order valence-electron chi connectivity index (χ4n) is 1.60. The minimum Gasteiger partial charge on any atom is -0.361 e. The SMILES string of the molecule is Cc1ccc(NC(=S)NNC(=S)NCCC[NH+](C)C)cc1. The van der Waals surface area contributed by atoms with Crippen LogP contribution in [-0.2, 0) is 0 Å².